The largest absolute Gasteiger partial charge is 0.508 e. The van der Waals surface area contributed by atoms with Crippen molar-refractivity contribution in [3.63, 3.8) is 0 Å². The van der Waals surface area contributed by atoms with Crippen molar-refractivity contribution >= 4 is 5.78 Å². The van der Waals surface area contributed by atoms with Crippen LogP contribution in [-0.2, 0) is 0 Å². The first kappa shape index (κ1) is 10.5. The average Bonchev–Trinajstić information content (AvgIpc) is 2.00. The van der Waals surface area contributed by atoms with Crippen LogP contribution < -0.4 is 0 Å². The molecule has 0 aliphatic rings. The highest BCUT2D eigenvalue weighted by atomic mass is 16.3. The zero-order chi connectivity index (χ0) is 10.7. The summed E-state index contributed by atoms with van der Waals surface area (Å²) in [5, 5.41) is 18.3. The molecule has 0 atom stereocenters. The molecule has 0 heterocycles. The lowest BCUT2D eigenvalue weighted by Crippen LogP contribution is -2.21. The number of phenols is 2. The Labute approximate surface area is 82.4 Å². The number of likely N-dealkylation sites (N-methyl/N-ethyl adjacent to an activating group) is 1. The summed E-state index contributed by atoms with van der Waals surface area (Å²) < 4.78 is 0. The second-order valence-electron chi connectivity index (χ2n) is 3.40. The summed E-state index contributed by atoms with van der Waals surface area (Å²) >= 11 is 0. The molecule has 76 valence electrons. The van der Waals surface area contributed by atoms with Crippen LogP contribution >= 0.6 is 0 Å². The number of ketones is 1. The number of hydrogen-bond acceptors (Lipinski definition) is 4. The van der Waals surface area contributed by atoms with Gasteiger partial charge in [-0.1, -0.05) is 0 Å². The van der Waals surface area contributed by atoms with Crippen LogP contribution in [0.4, 0.5) is 0 Å². The molecule has 14 heavy (non-hydrogen) atoms. The van der Waals surface area contributed by atoms with Crippen LogP contribution in [0.1, 0.15) is 10.4 Å². The van der Waals surface area contributed by atoms with Crippen molar-refractivity contribution in [2.75, 3.05) is 20.6 Å². The first-order chi connectivity index (χ1) is 6.49. The van der Waals surface area contributed by atoms with E-state index in [0.29, 0.717) is 5.56 Å². The fourth-order valence-corrected chi connectivity index (χ4v) is 1.13. The van der Waals surface area contributed by atoms with E-state index < -0.39 is 0 Å². The van der Waals surface area contributed by atoms with E-state index in [-0.39, 0.29) is 23.8 Å². The second kappa shape index (κ2) is 4.11. The topological polar surface area (TPSA) is 60.8 Å². The number of rotatable bonds is 3. The Morgan fingerprint density at radius 3 is 2.14 bits per heavy atom. The van der Waals surface area contributed by atoms with Crippen LogP contribution in [0.5, 0.6) is 11.5 Å². The molecule has 0 radical (unpaired) electrons. The molecular formula is C10H13NO3. The second-order valence-corrected chi connectivity index (χ2v) is 3.40. The quantitative estimate of drug-likeness (QED) is 0.702. The predicted molar refractivity (Wildman–Crippen MR) is 52.7 cm³/mol. The van der Waals surface area contributed by atoms with Gasteiger partial charge >= 0.3 is 0 Å². The third kappa shape index (κ3) is 2.74. The van der Waals surface area contributed by atoms with E-state index in [0.717, 1.165) is 0 Å². The van der Waals surface area contributed by atoms with Crippen LogP contribution in [0.2, 0.25) is 0 Å². The highest BCUT2D eigenvalue weighted by molar-refractivity contribution is 5.98. The fourth-order valence-electron chi connectivity index (χ4n) is 1.13. The SMILES string of the molecule is CN(C)CC(=O)c1cc(O)cc(O)c1. The molecule has 0 bridgehead atoms. The van der Waals surface area contributed by atoms with Gasteiger partial charge in [-0.25, -0.2) is 0 Å². The first-order valence-corrected chi connectivity index (χ1v) is 4.20. The number of aromatic hydroxyl groups is 2. The zero-order valence-electron chi connectivity index (χ0n) is 8.19. The molecule has 4 heteroatoms. The Kier molecular flexibility index (Phi) is 3.09. The monoisotopic (exact) mass is 195 g/mol. The highest BCUT2D eigenvalue weighted by Gasteiger charge is 2.09. The number of carbonyl (C=O) groups excluding carboxylic acids is 1. The summed E-state index contributed by atoms with van der Waals surface area (Å²) in [6.07, 6.45) is 0. The standard InChI is InChI=1S/C10H13NO3/c1-11(2)6-10(14)7-3-8(12)5-9(13)4-7/h3-5,12-13H,6H2,1-2H3. The van der Waals surface area contributed by atoms with Crippen molar-refractivity contribution in [2.45, 2.75) is 0 Å². The van der Waals surface area contributed by atoms with Crippen molar-refractivity contribution in [1.82, 2.24) is 4.90 Å². The van der Waals surface area contributed by atoms with E-state index in [9.17, 15) is 4.79 Å². The van der Waals surface area contributed by atoms with Crippen molar-refractivity contribution in [3.05, 3.63) is 23.8 Å². The molecule has 0 spiro atoms. The van der Waals surface area contributed by atoms with Gasteiger partial charge in [0.05, 0.1) is 6.54 Å². The molecule has 4 nitrogen and oxygen atoms in total. The Morgan fingerprint density at radius 2 is 1.71 bits per heavy atom. The maximum atomic E-state index is 11.5. The van der Waals surface area contributed by atoms with Crippen LogP contribution in [0.15, 0.2) is 18.2 Å². The van der Waals surface area contributed by atoms with Crippen LogP contribution in [-0.4, -0.2) is 41.5 Å². The van der Waals surface area contributed by atoms with Gasteiger partial charge in [-0.2, -0.15) is 0 Å². The summed E-state index contributed by atoms with van der Waals surface area (Å²) in [6.45, 7) is 0.253. The van der Waals surface area contributed by atoms with Crippen molar-refractivity contribution in [2.24, 2.45) is 0 Å². The minimum atomic E-state index is -0.138. The molecule has 0 aliphatic heterocycles. The highest BCUT2D eigenvalue weighted by Crippen LogP contribution is 2.20. The zero-order valence-corrected chi connectivity index (χ0v) is 8.19. The third-order valence-corrected chi connectivity index (χ3v) is 1.68. The minimum Gasteiger partial charge on any atom is -0.508 e. The molecule has 2 N–H and O–H groups in total. The van der Waals surface area contributed by atoms with Crippen molar-refractivity contribution in [1.29, 1.82) is 0 Å². The van der Waals surface area contributed by atoms with E-state index in [4.69, 9.17) is 10.2 Å². The molecule has 0 aliphatic carbocycles. The molecule has 1 aromatic rings. The first-order valence-electron chi connectivity index (χ1n) is 4.20. The Hall–Kier alpha value is -1.55. The average molecular weight is 195 g/mol. The van der Waals surface area contributed by atoms with Crippen LogP contribution in [0.25, 0.3) is 0 Å². The number of benzene rings is 1. The molecule has 1 aromatic carbocycles. The Bertz CT molecular complexity index is 327. The van der Waals surface area contributed by atoms with E-state index >= 15 is 0 Å². The van der Waals surface area contributed by atoms with Gasteiger partial charge < -0.3 is 15.1 Å². The van der Waals surface area contributed by atoms with Gasteiger partial charge in [-0.15, -0.1) is 0 Å². The molecular weight excluding hydrogens is 182 g/mol. The molecule has 0 amide bonds. The normalized spacial score (nSPS) is 10.5. The van der Waals surface area contributed by atoms with Gasteiger partial charge in [-0.3, -0.25) is 4.79 Å². The fraction of sp³-hybridized carbons (Fsp3) is 0.300. The summed E-state index contributed by atoms with van der Waals surface area (Å²) in [5.74, 6) is -0.347. The number of carbonyl (C=O) groups is 1. The van der Waals surface area contributed by atoms with Crippen molar-refractivity contribution < 1.29 is 15.0 Å². The van der Waals surface area contributed by atoms with E-state index in [1.54, 1.807) is 19.0 Å². The minimum absolute atomic E-state index is 0.105. The van der Waals surface area contributed by atoms with Gasteiger partial charge in [0, 0.05) is 11.6 Å². The molecule has 0 aromatic heterocycles. The summed E-state index contributed by atoms with van der Waals surface area (Å²) in [7, 11) is 3.56. The van der Waals surface area contributed by atoms with E-state index in [1.807, 2.05) is 0 Å². The lowest BCUT2D eigenvalue weighted by atomic mass is 10.1. The summed E-state index contributed by atoms with van der Waals surface area (Å²) in [6, 6.07) is 3.86. The van der Waals surface area contributed by atoms with Crippen LogP contribution in [0, 0.1) is 0 Å². The number of phenolic OH excluding ortho intramolecular Hbond substituents is 2. The molecule has 0 fully saturated rings. The number of Topliss-reactive ketones (excluding diaryl/α,β-unsaturated/α-hetero) is 1. The van der Waals surface area contributed by atoms with Crippen LogP contribution in [0.3, 0.4) is 0 Å². The van der Waals surface area contributed by atoms with E-state index in [2.05, 4.69) is 0 Å². The van der Waals surface area contributed by atoms with Gasteiger partial charge in [0.2, 0.25) is 0 Å². The maximum Gasteiger partial charge on any atom is 0.177 e. The molecule has 0 saturated carbocycles. The lowest BCUT2D eigenvalue weighted by Gasteiger charge is -2.08. The third-order valence-electron chi connectivity index (χ3n) is 1.68. The molecule has 0 unspecified atom stereocenters. The lowest BCUT2D eigenvalue weighted by molar-refractivity contribution is 0.0957. The predicted octanol–water partition coefficient (Wildman–Crippen LogP) is 0.842. The number of hydrogen-bond donors (Lipinski definition) is 2. The van der Waals surface area contributed by atoms with Gasteiger partial charge in [0.25, 0.3) is 0 Å². The Morgan fingerprint density at radius 1 is 1.21 bits per heavy atom. The smallest absolute Gasteiger partial charge is 0.177 e. The van der Waals surface area contributed by atoms with Gasteiger partial charge in [0.15, 0.2) is 5.78 Å². The summed E-state index contributed by atoms with van der Waals surface area (Å²) in [5.41, 5.74) is 0.316. The molecule has 1 rings (SSSR count). The number of nitrogens with zero attached hydrogens (tertiary/aromatic N) is 1. The Balaban J connectivity index is 2.90. The maximum absolute atomic E-state index is 11.5. The van der Waals surface area contributed by atoms with E-state index in [1.165, 1.54) is 18.2 Å². The molecule has 0 saturated heterocycles. The summed E-state index contributed by atoms with van der Waals surface area (Å²) in [4.78, 5) is 13.2. The van der Waals surface area contributed by atoms with Crippen molar-refractivity contribution in [3.8, 4) is 11.5 Å². The van der Waals surface area contributed by atoms with Gasteiger partial charge in [-0.05, 0) is 26.2 Å². The van der Waals surface area contributed by atoms with Gasteiger partial charge in [0.1, 0.15) is 11.5 Å².